The Balaban J connectivity index is 1.59. The van der Waals surface area contributed by atoms with Crippen molar-refractivity contribution in [2.24, 2.45) is 5.92 Å². The lowest BCUT2D eigenvalue weighted by Gasteiger charge is -2.38. The summed E-state index contributed by atoms with van der Waals surface area (Å²) >= 11 is 0. The molecule has 3 heterocycles. The number of amides is 1. The molecule has 3 aliphatic rings. The van der Waals surface area contributed by atoms with Crippen molar-refractivity contribution in [3.05, 3.63) is 0 Å². The van der Waals surface area contributed by atoms with E-state index in [9.17, 15) is 4.79 Å². The second kappa shape index (κ2) is 4.34. The normalized spacial score (nSPS) is 39.8. The van der Waals surface area contributed by atoms with Crippen LogP contribution < -0.4 is 10.6 Å². The maximum absolute atomic E-state index is 11.2. The number of likely N-dealkylation sites (tertiary alicyclic amines) is 1. The number of fused-ring (bicyclic) bond motifs is 1. The van der Waals surface area contributed by atoms with Gasteiger partial charge in [0, 0.05) is 31.6 Å². The monoisotopic (exact) mass is 223 g/mol. The van der Waals surface area contributed by atoms with Crippen LogP contribution in [0.15, 0.2) is 0 Å². The molecule has 0 radical (unpaired) electrons. The summed E-state index contributed by atoms with van der Waals surface area (Å²) in [4.78, 5) is 13.8. The average Bonchev–Trinajstić information content (AvgIpc) is 2.87. The van der Waals surface area contributed by atoms with Crippen molar-refractivity contribution in [3.63, 3.8) is 0 Å². The molecule has 4 nitrogen and oxygen atoms in total. The van der Waals surface area contributed by atoms with E-state index in [2.05, 4.69) is 15.5 Å². The minimum atomic E-state index is 0.239. The van der Waals surface area contributed by atoms with Crippen molar-refractivity contribution in [1.29, 1.82) is 0 Å². The summed E-state index contributed by atoms with van der Waals surface area (Å²) < 4.78 is 0. The summed E-state index contributed by atoms with van der Waals surface area (Å²) in [5.74, 6) is 1.09. The molecule has 0 aromatic rings. The topological polar surface area (TPSA) is 44.4 Å². The number of rotatable bonds is 2. The van der Waals surface area contributed by atoms with E-state index < -0.39 is 0 Å². The first-order chi connectivity index (χ1) is 7.83. The van der Waals surface area contributed by atoms with E-state index >= 15 is 0 Å². The predicted octanol–water partition coefficient (Wildman–Crippen LogP) is -0.0512. The quantitative estimate of drug-likeness (QED) is 0.690. The first-order valence-corrected chi connectivity index (χ1v) is 6.57. The van der Waals surface area contributed by atoms with Gasteiger partial charge in [0.25, 0.3) is 0 Å². The largest absolute Gasteiger partial charge is 0.352 e. The van der Waals surface area contributed by atoms with Gasteiger partial charge in [0.2, 0.25) is 5.91 Å². The lowest BCUT2D eigenvalue weighted by molar-refractivity contribution is -0.119. The van der Waals surface area contributed by atoms with Gasteiger partial charge in [-0.25, -0.2) is 0 Å². The van der Waals surface area contributed by atoms with Gasteiger partial charge in [-0.3, -0.25) is 9.69 Å². The fraction of sp³-hybridized carbons (Fsp3) is 0.917. The summed E-state index contributed by atoms with van der Waals surface area (Å²) in [7, 11) is 0. The van der Waals surface area contributed by atoms with Gasteiger partial charge in [-0.05, 0) is 38.3 Å². The standard InChI is InChI=1S/C12H21N3O/c16-12-4-3-10(14-12)8-15-5-1-2-9-6-13-7-11(9)15/h9-11,13H,1-8H2,(H,14,16). The van der Waals surface area contributed by atoms with Crippen LogP contribution in [0, 0.1) is 5.92 Å². The Kier molecular flexibility index (Phi) is 2.86. The number of hydrogen-bond acceptors (Lipinski definition) is 3. The zero-order valence-corrected chi connectivity index (χ0v) is 9.74. The third-order valence-corrected chi connectivity index (χ3v) is 4.33. The van der Waals surface area contributed by atoms with E-state index in [4.69, 9.17) is 0 Å². The smallest absolute Gasteiger partial charge is 0.220 e. The molecule has 3 atom stereocenters. The maximum atomic E-state index is 11.2. The van der Waals surface area contributed by atoms with Crippen LogP contribution in [-0.4, -0.2) is 49.1 Å². The van der Waals surface area contributed by atoms with Crippen LogP contribution >= 0.6 is 0 Å². The highest BCUT2D eigenvalue weighted by atomic mass is 16.1. The Morgan fingerprint density at radius 2 is 2.25 bits per heavy atom. The molecule has 0 saturated carbocycles. The Labute approximate surface area is 96.8 Å². The minimum Gasteiger partial charge on any atom is -0.352 e. The Bertz CT molecular complexity index is 281. The van der Waals surface area contributed by atoms with Crippen molar-refractivity contribution in [2.45, 2.75) is 37.8 Å². The maximum Gasteiger partial charge on any atom is 0.220 e. The van der Waals surface area contributed by atoms with Gasteiger partial charge in [0.1, 0.15) is 0 Å². The van der Waals surface area contributed by atoms with E-state index in [1.165, 1.54) is 25.9 Å². The van der Waals surface area contributed by atoms with Crippen LogP contribution in [0.1, 0.15) is 25.7 Å². The summed E-state index contributed by atoms with van der Waals surface area (Å²) in [5, 5.41) is 6.58. The summed E-state index contributed by atoms with van der Waals surface area (Å²) in [5.41, 5.74) is 0. The first-order valence-electron chi connectivity index (χ1n) is 6.57. The first kappa shape index (κ1) is 10.5. The fourth-order valence-electron chi connectivity index (χ4n) is 3.49. The second-order valence-corrected chi connectivity index (χ2v) is 5.43. The zero-order chi connectivity index (χ0) is 11.0. The zero-order valence-electron chi connectivity index (χ0n) is 9.74. The Hall–Kier alpha value is -0.610. The van der Waals surface area contributed by atoms with Gasteiger partial charge >= 0.3 is 0 Å². The van der Waals surface area contributed by atoms with E-state index in [1.54, 1.807) is 0 Å². The van der Waals surface area contributed by atoms with Crippen LogP contribution in [0.5, 0.6) is 0 Å². The highest BCUT2D eigenvalue weighted by molar-refractivity contribution is 5.78. The van der Waals surface area contributed by atoms with Crippen molar-refractivity contribution in [1.82, 2.24) is 15.5 Å². The molecule has 0 aliphatic carbocycles. The van der Waals surface area contributed by atoms with E-state index in [0.717, 1.165) is 37.9 Å². The van der Waals surface area contributed by atoms with Crippen molar-refractivity contribution < 1.29 is 4.79 Å². The molecule has 16 heavy (non-hydrogen) atoms. The molecular formula is C12H21N3O. The van der Waals surface area contributed by atoms with Gasteiger partial charge in [0.05, 0.1) is 0 Å². The van der Waals surface area contributed by atoms with Crippen molar-refractivity contribution in [3.8, 4) is 0 Å². The number of nitrogens with one attached hydrogen (secondary N) is 2. The SMILES string of the molecule is O=C1CCC(CN2CCCC3CNCC32)N1. The van der Waals surface area contributed by atoms with Gasteiger partial charge in [-0.2, -0.15) is 0 Å². The molecule has 90 valence electrons. The van der Waals surface area contributed by atoms with Gasteiger partial charge in [0.15, 0.2) is 0 Å². The molecule has 3 saturated heterocycles. The molecular weight excluding hydrogens is 202 g/mol. The number of nitrogens with zero attached hydrogens (tertiary/aromatic N) is 1. The van der Waals surface area contributed by atoms with Crippen LogP contribution in [0.25, 0.3) is 0 Å². The molecule has 3 fully saturated rings. The van der Waals surface area contributed by atoms with Crippen molar-refractivity contribution in [2.75, 3.05) is 26.2 Å². The van der Waals surface area contributed by atoms with Crippen LogP contribution in [-0.2, 0) is 4.79 Å². The Morgan fingerprint density at radius 1 is 1.31 bits per heavy atom. The molecule has 0 aromatic heterocycles. The lowest BCUT2D eigenvalue weighted by Crippen LogP contribution is -2.49. The molecule has 3 aliphatic heterocycles. The molecule has 2 N–H and O–H groups in total. The average molecular weight is 223 g/mol. The molecule has 1 amide bonds. The second-order valence-electron chi connectivity index (χ2n) is 5.43. The Morgan fingerprint density at radius 3 is 3.06 bits per heavy atom. The van der Waals surface area contributed by atoms with Crippen molar-refractivity contribution >= 4 is 5.91 Å². The molecule has 0 bridgehead atoms. The summed E-state index contributed by atoms with van der Waals surface area (Å²) in [6.45, 7) is 4.62. The third kappa shape index (κ3) is 1.96. The van der Waals surface area contributed by atoms with Crippen LogP contribution in [0.3, 0.4) is 0 Å². The van der Waals surface area contributed by atoms with Crippen LogP contribution in [0.4, 0.5) is 0 Å². The summed E-state index contributed by atoms with van der Waals surface area (Å²) in [6, 6.07) is 1.14. The van der Waals surface area contributed by atoms with Gasteiger partial charge in [-0.15, -0.1) is 0 Å². The van der Waals surface area contributed by atoms with E-state index in [1.807, 2.05) is 0 Å². The highest BCUT2D eigenvalue weighted by Gasteiger charge is 2.36. The highest BCUT2D eigenvalue weighted by Crippen LogP contribution is 2.27. The molecule has 3 rings (SSSR count). The molecule has 0 spiro atoms. The van der Waals surface area contributed by atoms with Crippen LogP contribution in [0.2, 0.25) is 0 Å². The van der Waals surface area contributed by atoms with Gasteiger partial charge < -0.3 is 10.6 Å². The van der Waals surface area contributed by atoms with E-state index in [-0.39, 0.29) is 5.91 Å². The number of carbonyl (C=O) groups excluding carboxylic acids is 1. The van der Waals surface area contributed by atoms with E-state index in [0.29, 0.717) is 6.04 Å². The lowest BCUT2D eigenvalue weighted by atomic mass is 9.91. The number of hydrogen-bond donors (Lipinski definition) is 2. The molecule has 3 unspecified atom stereocenters. The minimum absolute atomic E-state index is 0.239. The molecule has 0 aromatic carbocycles. The third-order valence-electron chi connectivity index (χ3n) is 4.33. The number of piperidine rings is 1. The predicted molar refractivity (Wildman–Crippen MR) is 62.1 cm³/mol. The summed E-state index contributed by atoms with van der Waals surface area (Å²) in [6.07, 6.45) is 4.46. The fourth-order valence-corrected chi connectivity index (χ4v) is 3.49. The van der Waals surface area contributed by atoms with Gasteiger partial charge in [-0.1, -0.05) is 0 Å². The number of carbonyl (C=O) groups is 1. The molecule has 4 heteroatoms.